The average Bonchev–Trinajstić information content (AvgIpc) is 2.96. The fraction of sp³-hybridized carbons (Fsp3) is 0.333. The predicted octanol–water partition coefficient (Wildman–Crippen LogP) is 6.06. The Morgan fingerprint density at radius 2 is 1.67 bits per heavy atom. The van der Waals surface area contributed by atoms with Crippen LogP contribution in [0.2, 0.25) is 10.0 Å². The lowest BCUT2D eigenvalue weighted by atomic mass is 10.1. The summed E-state index contributed by atoms with van der Waals surface area (Å²) in [5.41, 5.74) is 0.591. The summed E-state index contributed by atoms with van der Waals surface area (Å²) in [4.78, 5) is 28.2. The van der Waals surface area contributed by atoms with E-state index >= 15 is 0 Å². The topological polar surface area (TPSA) is 96.0 Å². The standard InChI is InChI=1S/C30H34Cl2FN3O5S/c1-4-6-17-34-30(38)21(3)35(19-22-7-8-23(31)18-28(22)32)29(37)20-36(25-11-9-24(33)10-12-25)42(39,40)27-15-13-26(14-16-27)41-5-2/h7-16,18,21H,4-6,17,19-20H2,1-3H3,(H,34,38)/t21-/m0/s1. The SMILES string of the molecule is CCCCNC(=O)[C@H](C)N(Cc1ccc(Cl)cc1Cl)C(=O)CN(c1ccc(F)cc1)S(=O)(=O)c1ccc(OCC)cc1. The largest absolute Gasteiger partial charge is 0.494 e. The maximum atomic E-state index is 13.9. The van der Waals surface area contributed by atoms with Crippen molar-refractivity contribution in [3.8, 4) is 5.75 Å². The Labute approximate surface area is 256 Å². The highest BCUT2D eigenvalue weighted by Gasteiger charge is 2.33. The summed E-state index contributed by atoms with van der Waals surface area (Å²) in [5, 5.41) is 3.51. The van der Waals surface area contributed by atoms with Crippen LogP contribution in [0.25, 0.3) is 0 Å². The van der Waals surface area contributed by atoms with Gasteiger partial charge < -0.3 is 15.0 Å². The van der Waals surface area contributed by atoms with Crippen LogP contribution in [0.15, 0.2) is 71.6 Å². The molecule has 0 radical (unpaired) electrons. The maximum absolute atomic E-state index is 13.9. The molecule has 8 nitrogen and oxygen atoms in total. The number of nitrogens with one attached hydrogen (secondary N) is 1. The first-order chi connectivity index (χ1) is 20.0. The lowest BCUT2D eigenvalue weighted by molar-refractivity contribution is -0.139. The van der Waals surface area contributed by atoms with Crippen LogP contribution < -0.4 is 14.4 Å². The number of sulfonamides is 1. The molecule has 3 aromatic carbocycles. The summed E-state index contributed by atoms with van der Waals surface area (Å²) < 4.78 is 47.9. The fourth-order valence-electron chi connectivity index (χ4n) is 4.09. The van der Waals surface area contributed by atoms with Crippen molar-refractivity contribution in [2.45, 2.75) is 51.1 Å². The minimum absolute atomic E-state index is 0.0724. The molecule has 42 heavy (non-hydrogen) atoms. The molecule has 0 heterocycles. The Hall–Kier alpha value is -3.34. The van der Waals surface area contributed by atoms with E-state index in [9.17, 15) is 22.4 Å². The Morgan fingerprint density at radius 1 is 1.00 bits per heavy atom. The van der Waals surface area contributed by atoms with E-state index in [1.807, 2.05) is 6.92 Å². The maximum Gasteiger partial charge on any atom is 0.264 e. The fourth-order valence-corrected chi connectivity index (χ4v) is 5.97. The number of ether oxygens (including phenoxy) is 1. The Kier molecular flexibility index (Phi) is 12.0. The van der Waals surface area contributed by atoms with Gasteiger partial charge in [-0.15, -0.1) is 0 Å². The molecule has 0 saturated carbocycles. The number of benzene rings is 3. The molecule has 3 rings (SSSR count). The van der Waals surface area contributed by atoms with Crippen molar-refractivity contribution in [2.75, 3.05) is 24.0 Å². The van der Waals surface area contributed by atoms with Crippen molar-refractivity contribution < 1.29 is 27.1 Å². The van der Waals surface area contributed by atoms with Crippen molar-refractivity contribution in [1.82, 2.24) is 10.2 Å². The number of rotatable bonds is 14. The van der Waals surface area contributed by atoms with Crippen LogP contribution in [0.4, 0.5) is 10.1 Å². The number of hydrogen-bond donors (Lipinski definition) is 1. The molecule has 0 aromatic heterocycles. The molecule has 1 N–H and O–H groups in total. The molecule has 0 aliphatic heterocycles. The zero-order valence-electron chi connectivity index (χ0n) is 23.6. The van der Waals surface area contributed by atoms with Gasteiger partial charge in [0.25, 0.3) is 10.0 Å². The summed E-state index contributed by atoms with van der Waals surface area (Å²) in [6, 6.07) is 14.3. The number of unbranched alkanes of at least 4 members (excludes halogenated alkanes) is 1. The Bertz CT molecular complexity index is 1470. The number of hydrogen-bond acceptors (Lipinski definition) is 5. The first-order valence-corrected chi connectivity index (χ1v) is 15.7. The second kappa shape index (κ2) is 15.2. The second-order valence-electron chi connectivity index (χ2n) is 9.47. The second-order valence-corrected chi connectivity index (χ2v) is 12.2. The van der Waals surface area contributed by atoms with Crippen LogP contribution in [-0.4, -0.2) is 50.9 Å². The minimum Gasteiger partial charge on any atom is -0.494 e. The van der Waals surface area contributed by atoms with E-state index < -0.39 is 40.2 Å². The van der Waals surface area contributed by atoms with Crippen molar-refractivity contribution in [2.24, 2.45) is 0 Å². The number of carbonyl (C=O) groups is 2. The third-order valence-corrected chi connectivity index (χ3v) is 8.84. The molecule has 0 unspecified atom stereocenters. The highest BCUT2D eigenvalue weighted by atomic mass is 35.5. The summed E-state index contributed by atoms with van der Waals surface area (Å²) >= 11 is 12.4. The zero-order chi connectivity index (χ0) is 30.9. The number of anilines is 1. The van der Waals surface area contributed by atoms with Gasteiger partial charge in [-0.3, -0.25) is 13.9 Å². The lowest BCUT2D eigenvalue weighted by Gasteiger charge is -2.32. The molecular weight excluding hydrogens is 604 g/mol. The molecule has 0 spiro atoms. The van der Waals surface area contributed by atoms with E-state index in [4.69, 9.17) is 27.9 Å². The molecule has 1 atom stereocenters. The van der Waals surface area contributed by atoms with Gasteiger partial charge in [0.1, 0.15) is 24.2 Å². The molecule has 0 saturated heterocycles. The third-order valence-electron chi connectivity index (χ3n) is 6.47. The molecule has 0 bridgehead atoms. The molecule has 12 heteroatoms. The van der Waals surface area contributed by atoms with E-state index in [0.717, 1.165) is 29.3 Å². The normalized spacial score (nSPS) is 12.0. The van der Waals surface area contributed by atoms with Crippen LogP contribution in [0, 0.1) is 5.82 Å². The van der Waals surface area contributed by atoms with Gasteiger partial charge in [-0.05, 0) is 86.5 Å². The monoisotopic (exact) mass is 637 g/mol. The van der Waals surface area contributed by atoms with Crippen LogP contribution in [0.1, 0.15) is 39.2 Å². The van der Waals surface area contributed by atoms with Crippen LogP contribution in [0.3, 0.4) is 0 Å². The molecule has 0 fully saturated rings. The summed E-state index contributed by atoms with van der Waals surface area (Å²) in [6.07, 6.45) is 1.63. The molecule has 0 aliphatic rings. The van der Waals surface area contributed by atoms with Crippen molar-refractivity contribution in [3.63, 3.8) is 0 Å². The van der Waals surface area contributed by atoms with Gasteiger partial charge in [-0.1, -0.05) is 42.6 Å². The van der Waals surface area contributed by atoms with E-state index in [1.54, 1.807) is 26.0 Å². The van der Waals surface area contributed by atoms with Gasteiger partial charge in [0.05, 0.1) is 17.2 Å². The van der Waals surface area contributed by atoms with Gasteiger partial charge in [0, 0.05) is 23.1 Å². The predicted molar refractivity (Wildman–Crippen MR) is 163 cm³/mol. The zero-order valence-corrected chi connectivity index (χ0v) is 26.0. The van der Waals surface area contributed by atoms with E-state index in [0.29, 0.717) is 29.5 Å². The average molecular weight is 639 g/mol. The van der Waals surface area contributed by atoms with Crippen molar-refractivity contribution in [1.29, 1.82) is 0 Å². The van der Waals surface area contributed by atoms with Gasteiger partial charge in [-0.25, -0.2) is 12.8 Å². The molecule has 226 valence electrons. The molecule has 0 aliphatic carbocycles. The van der Waals surface area contributed by atoms with Gasteiger partial charge in [-0.2, -0.15) is 0 Å². The number of nitrogens with zero attached hydrogens (tertiary/aromatic N) is 2. The molecule has 2 amide bonds. The van der Waals surface area contributed by atoms with Gasteiger partial charge in [0.2, 0.25) is 11.8 Å². The van der Waals surface area contributed by atoms with Crippen LogP contribution >= 0.6 is 23.2 Å². The summed E-state index contributed by atoms with van der Waals surface area (Å²) in [7, 11) is -4.31. The van der Waals surface area contributed by atoms with E-state index in [-0.39, 0.29) is 22.2 Å². The first kappa shape index (κ1) is 33.2. The third kappa shape index (κ3) is 8.59. The Balaban J connectivity index is 2.01. The van der Waals surface area contributed by atoms with E-state index in [1.165, 1.54) is 47.4 Å². The number of amides is 2. The smallest absolute Gasteiger partial charge is 0.264 e. The van der Waals surface area contributed by atoms with Crippen molar-refractivity contribution in [3.05, 3.63) is 88.2 Å². The Morgan fingerprint density at radius 3 is 2.26 bits per heavy atom. The summed E-state index contributed by atoms with van der Waals surface area (Å²) in [6.45, 7) is 5.43. The van der Waals surface area contributed by atoms with Gasteiger partial charge in [0.15, 0.2) is 0 Å². The quantitative estimate of drug-likeness (QED) is 0.217. The highest BCUT2D eigenvalue weighted by Crippen LogP contribution is 2.27. The summed E-state index contributed by atoms with van der Waals surface area (Å²) in [5.74, 6) is -1.16. The van der Waals surface area contributed by atoms with Crippen molar-refractivity contribution >= 4 is 50.7 Å². The van der Waals surface area contributed by atoms with Crippen LogP contribution in [0.5, 0.6) is 5.75 Å². The number of halogens is 3. The van der Waals surface area contributed by atoms with Crippen LogP contribution in [-0.2, 0) is 26.2 Å². The lowest BCUT2D eigenvalue weighted by Crippen LogP contribution is -2.51. The molecular formula is C30H34Cl2FN3O5S. The van der Waals surface area contributed by atoms with E-state index in [2.05, 4.69) is 5.32 Å². The molecule has 3 aromatic rings. The minimum atomic E-state index is -4.31. The number of carbonyl (C=O) groups excluding carboxylic acids is 2. The van der Waals surface area contributed by atoms with Gasteiger partial charge >= 0.3 is 0 Å². The highest BCUT2D eigenvalue weighted by molar-refractivity contribution is 7.92. The first-order valence-electron chi connectivity index (χ1n) is 13.5.